The van der Waals surface area contributed by atoms with Gasteiger partial charge in [0.1, 0.15) is 0 Å². The number of carbonyl (C=O) groups excluding carboxylic acids is 1. The van der Waals surface area contributed by atoms with Crippen molar-refractivity contribution >= 4 is 5.91 Å². The summed E-state index contributed by atoms with van der Waals surface area (Å²) in [6, 6.07) is 10.1. The minimum Gasteiger partial charge on any atom is -0.393 e. The maximum atomic E-state index is 12.4. The Kier molecular flexibility index (Phi) is 4.20. The predicted octanol–water partition coefficient (Wildman–Crippen LogP) is 1.23. The highest BCUT2D eigenvalue weighted by Crippen LogP contribution is 2.31. The molecule has 1 aliphatic rings. The summed E-state index contributed by atoms with van der Waals surface area (Å²) in [6.45, 7) is 1.75. The van der Waals surface area contributed by atoms with Crippen LogP contribution in [0.15, 0.2) is 30.3 Å². The van der Waals surface area contributed by atoms with Gasteiger partial charge in [0.2, 0.25) is 0 Å². The Balaban J connectivity index is 1.71. The number of nitrogens with zero attached hydrogens (tertiary/aromatic N) is 2. The van der Waals surface area contributed by atoms with E-state index in [1.165, 1.54) is 5.56 Å². The fourth-order valence-corrected chi connectivity index (χ4v) is 2.90. The van der Waals surface area contributed by atoms with E-state index in [1.54, 1.807) is 6.92 Å². The average Bonchev–Trinajstić information content (AvgIpc) is 2.91. The molecule has 1 atom stereocenters. The van der Waals surface area contributed by atoms with Gasteiger partial charge in [-0.15, -0.1) is 0 Å². The number of aromatic nitrogens is 3. The number of aliphatic hydroxyl groups is 1. The zero-order valence-electron chi connectivity index (χ0n) is 12.5. The van der Waals surface area contributed by atoms with Crippen LogP contribution in [0, 0.1) is 12.8 Å². The van der Waals surface area contributed by atoms with E-state index >= 15 is 0 Å². The lowest BCUT2D eigenvalue weighted by Gasteiger charge is -2.38. The first-order valence-electron chi connectivity index (χ1n) is 7.53. The standard InChI is InChI=1S/C16H20N4O2/c1-10-15(19-20-18-10)16(22)17-14(12-8-13(21)9-12)7-11-5-3-2-4-6-11/h2-6,12-14,21H,7-9H2,1H3,(H,17,22)(H,18,19,20). The normalized spacial score (nSPS) is 21.9. The number of amides is 1. The van der Waals surface area contributed by atoms with Crippen molar-refractivity contribution < 1.29 is 9.90 Å². The third-order valence-electron chi connectivity index (χ3n) is 4.27. The molecule has 0 spiro atoms. The van der Waals surface area contributed by atoms with Gasteiger partial charge in [-0.2, -0.15) is 15.4 Å². The summed E-state index contributed by atoms with van der Waals surface area (Å²) in [4.78, 5) is 12.4. The van der Waals surface area contributed by atoms with Crippen molar-refractivity contribution in [3.63, 3.8) is 0 Å². The van der Waals surface area contributed by atoms with E-state index in [2.05, 4.69) is 32.9 Å². The predicted molar refractivity (Wildman–Crippen MR) is 81.3 cm³/mol. The molecule has 0 bridgehead atoms. The van der Waals surface area contributed by atoms with Crippen LogP contribution in [-0.4, -0.2) is 38.6 Å². The Hall–Kier alpha value is -2.21. The topological polar surface area (TPSA) is 90.9 Å². The van der Waals surface area contributed by atoms with Crippen molar-refractivity contribution in [3.8, 4) is 0 Å². The van der Waals surface area contributed by atoms with Crippen LogP contribution < -0.4 is 5.32 Å². The van der Waals surface area contributed by atoms with Crippen LogP contribution in [-0.2, 0) is 6.42 Å². The van der Waals surface area contributed by atoms with Crippen LogP contribution in [0.3, 0.4) is 0 Å². The fourth-order valence-electron chi connectivity index (χ4n) is 2.90. The molecule has 0 aliphatic heterocycles. The van der Waals surface area contributed by atoms with Gasteiger partial charge < -0.3 is 10.4 Å². The van der Waals surface area contributed by atoms with Crippen LogP contribution in [0.25, 0.3) is 0 Å². The van der Waals surface area contributed by atoms with E-state index in [1.807, 2.05) is 18.2 Å². The summed E-state index contributed by atoms with van der Waals surface area (Å²) in [5, 5.41) is 22.9. The van der Waals surface area contributed by atoms with Crippen molar-refractivity contribution in [3.05, 3.63) is 47.3 Å². The molecule has 6 heteroatoms. The zero-order chi connectivity index (χ0) is 15.5. The number of aliphatic hydroxyl groups excluding tert-OH is 1. The van der Waals surface area contributed by atoms with Crippen LogP contribution in [0.4, 0.5) is 0 Å². The molecule has 116 valence electrons. The molecule has 6 nitrogen and oxygen atoms in total. The SMILES string of the molecule is Cc1n[nH]nc1C(=O)NC(Cc1ccccc1)C1CC(O)C1. The number of hydrogen-bond acceptors (Lipinski definition) is 4. The van der Waals surface area contributed by atoms with Crippen molar-refractivity contribution in [2.75, 3.05) is 0 Å². The summed E-state index contributed by atoms with van der Waals surface area (Å²) < 4.78 is 0. The Bertz CT molecular complexity index is 635. The van der Waals surface area contributed by atoms with Crippen LogP contribution >= 0.6 is 0 Å². The minimum atomic E-state index is -0.242. The van der Waals surface area contributed by atoms with E-state index in [0.29, 0.717) is 17.3 Å². The Morgan fingerprint density at radius 3 is 2.68 bits per heavy atom. The fraction of sp³-hybridized carbons (Fsp3) is 0.438. The molecule has 1 aromatic heterocycles. The second-order valence-electron chi connectivity index (χ2n) is 5.91. The van der Waals surface area contributed by atoms with Gasteiger partial charge in [0.15, 0.2) is 5.69 Å². The molecular weight excluding hydrogens is 280 g/mol. The van der Waals surface area contributed by atoms with E-state index < -0.39 is 0 Å². The first-order valence-corrected chi connectivity index (χ1v) is 7.53. The van der Waals surface area contributed by atoms with E-state index in [4.69, 9.17) is 0 Å². The van der Waals surface area contributed by atoms with Gasteiger partial charge in [-0.1, -0.05) is 30.3 Å². The lowest BCUT2D eigenvalue weighted by Crippen LogP contribution is -2.48. The van der Waals surface area contributed by atoms with Gasteiger partial charge in [-0.25, -0.2) is 0 Å². The maximum absolute atomic E-state index is 12.4. The number of hydrogen-bond donors (Lipinski definition) is 3. The molecular formula is C16H20N4O2. The molecule has 1 aromatic carbocycles. The average molecular weight is 300 g/mol. The molecule has 0 saturated heterocycles. The summed E-state index contributed by atoms with van der Waals surface area (Å²) >= 11 is 0. The van der Waals surface area contributed by atoms with Crippen LogP contribution in [0.5, 0.6) is 0 Å². The second-order valence-corrected chi connectivity index (χ2v) is 5.91. The van der Waals surface area contributed by atoms with Crippen molar-refractivity contribution in [2.24, 2.45) is 5.92 Å². The van der Waals surface area contributed by atoms with Crippen molar-refractivity contribution in [1.82, 2.24) is 20.7 Å². The molecule has 1 aliphatic carbocycles. The maximum Gasteiger partial charge on any atom is 0.273 e. The van der Waals surface area contributed by atoms with Gasteiger partial charge in [-0.05, 0) is 37.7 Å². The molecule has 1 heterocycles. The summed E-state index contributed by atoms with van der Waals surface area (Å²) in [6.07, 6.45) is 1.97. The van der Waals surface area contributed by atoms with E-state index in [9.17, 15) is 9.90 Å². The highest BCUT2D eigenvalue weighted by molar-refractivity contribution is 5.93. The number of rotatable bonds is 5. The summed E-state index contributed by atoms with van der Waals surface area (Å²) in [5.74, 6) is 0.0833. The van der Waals surface area contributed by atoms with Gasteiger partial charge in [0.05, 0.1) is 11.8 Å². The van der Waals surface area contributed by atoms with Gasteiger partial charge in [-0.3, -0.25) is 4.79 Å². The highest BCUT2D eigenvalue weighted by Gasteiger charge is 2.35. The number of nitrogens with one attached hydrogen (secondary N) is 2. The molecule has 1 fully saturated rings. The largest absolute Gasteiger partial charge is 0.393 e. The third-order valence-corrected chi connectivity index (χ3v) is 4.27. The zero-order valence-corrected chi connectivity index (χ0v) is 12.5. The van der Waals surface area contributed by atoms with E-state index in [0.717, 1.165) is 19.3 Å². The minimum absolute atomic E-state index is 0.00519. The number of aryl methyl sites for hydroxylation is 1. The van der Waals surface area contributed by atoms with Gasteiger partial charge in [0, 0.05) is 6.04 Å². The molecule has 1 unspecified atom stereocenters. The molecule has 3 rings (SSSR count). The first kappa shape index (κ1) is 14.7. The second kappa shape index (κ2) is 6.27. The smallest absolute Gasteiger partial charge is 0.273 e. The number of aromatic amines is 1. The molecule has 22 heavy (non-hydrogen) atoms. The van der Waals surface area contributed by atoms with Gasteiger partial charge >= 0.3 is 0 Å². The van der Waals surface area contributed by atoms with Crippen LogP contribution in [0.2, 0.25) is 0 Å². The molecule has 1 saturated carbocycles. The Morgan fingerprint density at radius 2 is 2.09 bits per heavy atom. The van der Waals surface area contributed by atoms with Crippen molar-refractivity contribution in [2.45, 2.75) is 38.3 Å². The molecule has 1 amide bonds. The lowest BCUT2D eigenvalue weighted by atomic mass is 9.75. The summed E-state index contributed by atoms with van der Waals surface area (Å²) in [7, 11) is 0. The number of carbonyl (C=O) groups is 1. The van der Waals surface area contributed by atoms with Gasteiger partial charge in [0.25, 0.3) is 5.91 Å². The first-order chi connectivity index (χ1) is 10.6. The Morgan fingerprint density at radius 1 is 1.36 bits per heavy atom. The molecule has 0 radical (unpaired) electrons. The lowest BCUT2D eigenvalue weighted by molar-refractivity contribution is 0.0238. The quantitative estimate of drug-likeness (QED) is 0.774. The third kappa shape index (κ3) is 3.17. The Labute approximate surface area is 128 Å². The monoisotopic (exact) mass is 300 g/mol. The van der Waals surface area contributed by atoms with Crippen molar-refractivity contribution in [1.29, 1.82) is 0 Å². The number of benzene rings is 1. The van der Waals surface area contributed by atoms with E-state index in [-0.39, 0.29) is 18.1 Å². The summed E-state index contributed by atoms with van der Waals surface area (Å²) in [5.41, 5.74) is 2.09. The highest BCUT2D eigenvalue weighted by atomic mass is 16.3. The molecule has 3 N–H and O–H groups in total. The van der Waals surface area contributed by atoms with Crippen LogP contribution in [0.1, 0.15) is 34.6 Å². The number of H-pyrrole nitrogens is 1. The molecule has 2 aromatic rings.